The van der Waals surface area contributed by atoms with Crippen LogP contribution in [0.3, 0.4) is 0 Å². The summed E-state index contributed by atoms with van der Waals surface area (Å²) in [5.41, 5.74) is 6.48. The molecule has 1 saturated heterocycles. The van der Waals surface area contributed by atoms with E-state index in [2.05, 4.69) is 20.9 Å². The predicted octanol–water partition coefficient (Wildman–Crippen LogP) is 0.934. The number of halogens is 1. The van der Waals surface area contributed by atoms with Gasteiger partial charge in [-0.1, -0.05) is 30.3 Å². The molecule has 0 radical (unpaired) electrons. The lowest BCUT2D eigenvalue weighted by molar-refractivity contribution is -0.124. The molecular formula is C17H19FN4O3S. The summed E-state index contributed by atoms with van der Waals surface area (Å²) in [6.07, 6.45) is 0. The number of carbonyl (C=O) groups is 1. The van der Waals surface area contributed by atoms with Crippen LogP contribution in [-0.4, -0.2) is 26.2 Å². The first-order valence-corrected chi connectivity index (χ1v) is 9.57. The molecule has 1 amide bonds. The molecule has 2 aromatic rings. The van der Waals surface area contributed by atoms with Gasteiger partial charge >= 0.3 is 0 Å². The van der Waals surface area contributed by atoms with Gasteiger partial charge in [0.1, 0.15) is 5.82 Å². The van der Waals surface area contributed by atoms with Crippen LogP contribution in [0.2, 0.25) is 0 Å². The van der Waals surface area contributed by atoms with Crippen molar-refractivity contribution in [2.75, 3.05) is 11.3 Å². The third-order valence-corrected chi connectivity index (χ3v) is 5.65. The predicted molar refractivity (Wildman–Crippen MR) is 95.6 cm³/mol. The van der Waals surface area contributed by atoms with Crippen molar-refractivity contribution in [1.82, 2.24) is 16.2 Å². The van der Waals surface area contributed by atoms with E-state index < -0.39 is 27.1 Å². The van der Waals surface area contributed by atoms with Crippen LogP contribution in [0.1, 0.15) is 5.56 Å². The van der Waals surface area contributed by atoms with Gasteiger partial charge in [0.25, 0.3) is 10.0 Å². The van der Waals surface area contributed by atoms with Crippen LogP contribution in [0, 0.1) is 11.7 Å². The minimum Gasteiger partial charge on any atom is -0.352 e. The van der Waals surface area contributed by atoms with Crippen LogP contribution in [0.15, 0.2) is 54.6 Å². The van der Waals surface area contributed by atoms with Gasteiger partial charge in [-0.3, -0.25) is 14.9 Å². The van der Waals surface area contributed by atoms with Crippen molar-refractivity contribution in [3.05, 3.63) is 66.0 Å². The van der Waals surface area contributed by atoms with Gasteiger partial charge in [0.05, 0.1) is 5.92 Å². The monoisotopic (exact) mass is 378 g/mol. The first-order valence-electron chi connectivity index (χ1n) is 8.03. The van der Waals surface area contributed by atoms with Crippen molar-refractivity contribution < 1.29 is 17.6 Å². The van der Waals surface area contributed by atoms with Crippen molar-refractivity contribution in [2.24, 2.45) is 5.92 Å². The quantitative estimate of drug-likeness (QED) is 0.600. The van der Waals surface area contributed by atoms with E-state index in [1.165, 1.54) is 12.1 Å². The number of sulfonamides is 1. The minimum absolute atomic E-state index is 0.176. The zero-order valence-electron chi connectivity index (χ0n) is 13.8. The average Bonchev–Trinajstić information content (AvgIpc) is 3.13. The molecule has 1 heterocycles. The lowest BCUT2D eigenvalue weighted by Gasteiger charge is -2.19. The van der Waals surface area contributed by atoms with E-state index in [-0.39, 0.29) is 18.1 Å². The smallest absolute Gasteiger partial charge is 0.250 e. The highest BCUT2D eigenvalue weighted by molar-refractivity contribution is 7.93. The molecule has 1 aliphatic rings. The molecule has 4 N–H and O–H groups in total. The van der Waals surface area contributed by atoms with Crippen LogP contribution in [0.25, 0.3) is 0 Å². The Morgan fingerprint density at radius 1 is 1.12 bits per heavy atom. The van der Waals surface area contributed by atoms with E-state index in [9.17, 15) is 17.6 Å². The molecule has 1 aliphatic heterocycles. The highest BCUT2D eigenvalue weighted by Gasteiger charge is 2.41. The second-order valence-corrected chi connectivity index (χ2v) is 7.71. The summed E-state index contributed by atoms with van der Waals surface area (Å²) in [5, 5.41) is 1.60. The van der Waals surface area contributed by atoms with Crippen LogP contribution < -0.4 is 20.9 Å². The van der Waals surface area contributed by atoms with E-state index in [0.717, 1.165) is 17.7 Å². The van der Waals surface area contributed by atoms with Gasteiger partial charge in [-0.05, 0) is 29.8 Å². The number of carbonyl (C=O) groups excluding carboxylic acids is 1. The molecule has 2 aromatic carbocycles. The van der Waals surface area contributed by atoms with Gasteiger partial charge in [0.15, 0.2) is 5.37 Å². The van der Waals surface area contributed by atoms with Gasteiger partial charge in [0, 0.05) is 18.8 Å². The molecule has 0 aromatic heterocycles. The van der Waals surface area contributed by atoms with Gasteiger partial charge in [-0.15, -0.1) is 0 Å². The van der Waals surface area contributed by atoms with Gasteiger partial charge < -0.3 is 5.32 Å². The first kappa shape index (κ1) is 18.3. The van der Waals surface area contributed by atoms with E-state index >= 15 is 0 Å². The van der Waals surface area contributed by atoms with Crippen molar-refractivity contribution in [3.8, 4) is 0 Å². The second-order valence-electron chi connectivity index (χ2n) is 5.91. The van der Waals surface area contributed by atoms with Crippen molar-refractivity contribution in [3.63, 3.8) is 0 Å². The standard InChI is InChI=1S/C17H19FN4O3S/c18-13-6-8-14(9-7-13)22-26(24,25)17-15(11-20-21-17)16(23)19-10-12-4-2-1-3-5-12/h1-9,15,17,20-22H,10-11H2,(H,19,23). The SMILES string of the molecule is O=C(NCc1ccccc1)C1CNNC1S(=O)(=O)Nc1ccc(F)cc1. The summed E-state index contributed by atoms with van der Waals surface area (Å²) in [4.78, 5) is 12.4. The number of nitrogens with one attached hydrogen (secondary N) is 4. The normalized spacial score (nSPS) is 19.9. The summed E-state index contributed by atoms with van der Waals surface area (Å²) >= 11 is 0. The topological polar surface area (TPSA) is 99.3 Å². The molecule has 138 valence electrons. The fourth-order valence-corrected chi connectivity index (χ4v) is 4.15. The van der Waals surface area contributed by atoms with Crippen molar-refractivity contribution >= 4 is 21.6 Å². The van der Waals surface area contributed by atoms with E-state index in [0.29, 0.717) is 6.54 Å². The highest BCUT2D eigenvalue weighted by atomic mass is 32.2. The molecule has 1 fully saturated rings. The Bertz CT molecular complexity index is 859. The summed E-state index contributed by atoms with van der Waals surface area (Å²) < 4.78 is 40.5. The Labute approximate surface area is 151 Å². The number of hydrogen-bond acceptors (Lipinski definition) is 5. The minimum atomic E-state index is -3.91. The molecule has 7 nitrogen and oxygen atoms in total. The fourth-order valence-electron chi connectivity index (χ4n) is 2.66. The fraction of sp³-hybridized carbons (Fsp3) is 0.235. The van der Waals surface area contributed by atoms with E-state index in [1.54, 1.807) is 0 Å². The molecule has 0 aliphatic carbocycles. The van der Waals surface area contributed by atoms with Crippen molar-refractivity contribution in [1.29, 1.82) is 0 Å². The number of benzene rings is 2. The Kier molecular flexibility index (Phi) is 5.50. The molecule has 3 rings (SSSR count). The number of amides is 1. The van der Waals surface area contributed by atoms with Crippen molar-refractivity contribution in [2.45, 2.75) is 11.9 Å². The Morgan fingerprint density at radius 2 is 1.81 bits per heavy atom. The molecule has 0 saturated carbocycles. The summed E-state index contributed by atoms with van der Waals surface area (Å²) in [5.74, 6) is -1.65. The highest BCUT2D eigenvalue weighted by Crippen LogP contribution is 2.19. The maximum absolute atomic E-state index is 13.0. The van der Waals surface area contributed by atoms with Gasteiger partial charge in [-0.2, -0.15) is 0 Å². The Hall–Kier alpha value is -2.49. The Morgan fingerprint density at radius 3 is 2.50 bits per heavy atom. The van der Waals surface area contributed by atoms with Gasteiger partial charge in [0.2, 0.25) is 5.91 Å². The van der Waals surface area contributed by atoms with Crippen LogP contribution >= 0.6 is 0 Å². The van der Waals surface area contributed by atoms with E-state index in [4.69, 9.17) is 0 Å². The second kappa shape index (κ2) is 7.81. The van der Waals surface area contributed by atoms with Crippen LogP contribution in [-0.2, 0) is 21.4 Å². The lowest BCUT2D eigenvalue weighted by atomic mass is 10.1. The third-order valence-electron chi connectivity index (χ3n) is 4.02. The number of hydrazine groups is 1. The molecule has 2 atom stereocenters. The summed E-state index contributed by atoms with van der Waals surface area (Å²) in [6.45, 7) is 0.490. The third kappa shape index (κ3) is 4.37. The molecule has 0 spiro atoms. The van der Waals surface area contributed by atoms with E-state index in [1.807, 2.05) is 30.3 Å². The maximum Gasteiger partial charge on any atom is 0.250 e. The largest absolute Gasteiger partial charge is 0.352 e. The molecule has 26 heavy (non-hydrogen) atoms. The molecule has 0 bridgehead atoms. The lowest BCUT2D eigenvalue weighted by Crippen LogP contribution is -2.46. The van der Waals surface area contributed by atoms with Crippen LogP contribution in [0.4, 0.5) is 10.1 Å². The summed E-state index contributed by atoms with van der Waals surface area (Å²) in [6, 6.07) is 14.3. The number of rotatable bonds is 6. The first-order chi connectivity index (χ1) is 12.5. The Balaban J connectivity index is 1.66. The summed E-state index contributed by atoms with van der Waals surface area (Å²) in [7, 11) is -3.91. The number of hydrogen-bond donors (Lipinski definition) is 4. The zero-order chi connectivity index (χ0) is 18.6. The zero-order valence-corrected chi connectivity index (χ0v) is 14.6. The molecular weight excluding hydrogens is 359 g/mol. The molecule has 2 unspecified atom stereocenters. The average molecular weight is 378 g/mol. The van der Waals surface area contributed by atoms with Gasteiger partial charge in [-0.25, -0.2) is 18.2 Å². The maximum atomic E-state index is 13.0. The van der Waals surface area contributed by atoms with Crippen LogP contribution in [0.5, 0.6) is 0 Å². The number of anilines is 1. The molecule has 9 heteroatoms.